The third-order valence-electron chi connectivity index (χ3n) is 4.83. The van der Waals surface area contributed by atoms with Crippen LogP contribution in [0.2, 0.25) is 0 Å². The number of carbonyl (C=O) groups is 1. The van der Waals surface area contributed by atoms with Crippen LogP contribution in [0.25, 0.3) is 0 Å². The molecular weight excluding hydrogens is 308 g/mol. The molecule has 1 aliphatic rings. The van der Waals surface area contributed by atoms with Gasteiger partial charge in [0, 0.05) is 13.0 Å². The minimum absolute atomic E-state index is 0.165. The SMILES string of the molecule is CCCCCCCCC=CCCCCCCCC(=O)C1NC=CCN1. The smallest absolute Gasteiger partial charge is 0.169 e. The standard InChI is InChI=1S/C22H40N2O/c1-2-3-4-5-6-7-8-9-10-11-12-13-14-15-16-18-21(25)22-23-19-17-20-24-22/h9-10,17,19,22-24H,2-8,11-16,18,20H2,1H3. The highest BCUT2D eigenvalue weighted by molar-refractivity contribution is 5.83. The highest BCUT2D eigenvalue weighted by Crippen LogP contribution is 2.10. The maximum Gasteiger partial charge on any atom is 0.169 e. The van der Waals surface area contributed by atoms with E-state index in [2.05, 4.69) is 29.7 Å². The maximum atomic E-state index is 12.0. The van der Waals surface area contributed by atoms with Crippen LogP contribution < -0.4 is 10.6 Å². The van der Waals surface area contributed by atoms with Crippen LogP contribution >= 0.6 is 0 Å². The van der Waals surface area contributed by atoms with Crippen molar-refractivity contribution in [3.8, 4) is 0 Å². The van der Waals surface area contributed by atoms with Crippen LogP contribution in [0.15, 0.2) is 24.4 Å². The first-order valence-electron chi connectivity index (χ1n) is 10.7. The largest absolute Gasteiger partial charge is 0.370 e. The molecule has 0 fully saturated rings. The molecule has 1 heterocycles. The quantitative estimate of drug-likeness (QED) is 0.281. The number of allylic oxidation sites excluding steroid dienone is 2. The predicted octanol–water partition coefficient (Wildman–Crippen LogP) is 5.63. The van der Waals surface area contributed by atoms with Gasteiger partial charge in [-0.05, 0) is 38.3 Å². The van der Waals surface area contributed by atoms with Crippen molar-refractivity contribution >= 4 is 5.78 Å². The van der Waals surface area contributed by atoms with Crippen LogP contribution in [0.4, 0.5) is 0 Å². The van der Waals surface area contributed by atoms with Gasteiger partial charge in [-0.3, -0.25) is 10.1 Å². The van der Waals surface area contributed by atoms with Gasteiger partial charge >= 0.3 is 0 Å². The first-order chi connectivity index (χ1) is 12.3. The lowest BCUT2D eigenvalue weighted by molar-refractivity contribution is -0.121. The normalized spacial score (nSPS) is 17.1. The fourth-order valence-corrected chi connectivity index (χ4v) is 3.19. The summed E-state index contributed by atoms with van der Waals surface area (Å²) in [5.74, 6) is 0.293. The van der Waals surface area contributed by atoms with Crippen LogP contribution in [0.3, 0.4) is 0 Å². The summed E-state index contributed by atoms with van der Waals surface area (Å²) < 4.78 is 0. The molecule has 3 heteroatoms. The monoisotopic (exact) mass is 348 g/mol. The molecule has 0 radical (unpaired) electrons. The van der Waals surface area contributed by atoms with Gasteiger partial charge in [0.05, 0.1) is 0 Å². The van der Waals surface area contributed by atoms with Crippen molar-refractivity contribution < 1.29 is 4.79 Å². The molecule has 0 spiro atoms. The van der Waals surface area contributed by atoms with Gasteiger partial charge < -0.3 is 5.32 Å². The lowest BCUT2D eigenvalue weighted by Gasteiger charge is -2.20. The highest BCUT2D eigenvalue weighted by atomic mass is 16.1. The third kappa shape index (κ3) is 12.9. The number of carbonyl (C=O) groups excluding carboxylic acids is 1. The van der Waals surface area contributed by atoms with E-state index in [1.165, 1.54) is 77.0 Å². The van der Waals surface area contributed by atoms with Gasteiger partial charge in [-0.1, -0.05) is 76.5 Å². The zero-order chi connectivity index (χ0) is 18.0. The molecule has 0 bridgehead atoms. The van der Waals surface area contributed by atoms with Gasteiger partial charge in [0.15, 0.2) is 5.78 Å². The van der Waals surface area contributed by atoms with Crippen LogP contribution in [0.1, 0.15) is 96.8 Å². The van der Waals surface area contributed by atoms with E-state index in [1.807, 2.05) is 12.3 Å². The Bertz CT molecular complexity index is 376. The Hall–Kier alpha value is -1.09. The molecular formula is C22H40N2O. The van der Waals surface area contributed by atoms with E-state index in [-0.39, 0.29) is 6.17 Å². The molecule has 0 amide bonds. The van der Waals surface area contributed by atoms with Crippen molar-refractivity contribution in [1.29, 1.82) is 0 Å². The number of unbranched alkanes of at least 4 members (excludes halogenated alkanes) is 11. The Kier molecular flexibility index (Phi) is 14.4. The number of rotatable bonds is 16. The number of hydrogen-bond acceptors (Lipinski definition) is 3. The Morgan fingerprint density at radius 2 is 1.52 bits per heavy atom. The molecule has 1 rings (SSSR count). The van der Waals surface area contributed by atoms with Gasteiger partial charge in [-0.15, -0.1) is 0 Å². The van der Waals surface area contributed by atoms with E-state index >= 15 is 0 Å². The minimum Gasteiger partial charge on any atom is -0.370 e. The van der Waals surface area contributed by atoms with Crippen LogP contribution in [-0.2, 0) is 4.79 Å². The summed E-state index contributed by atoms with van der Waals surface area (Å²) in [6.45, 7) is 3.06. The zero-order valence-corrected chi connectivity index (χ0v) is 16.4. The fraction of sp³-hybridized carbons (Fsp3) is 0.773. The van der Waals surface area contributed by atoms with E-state index in [1.54, 1.807) is 0 Å². The van der Waals surface area contributed by atoms with Gasteiger partial charge in [0.1, 0.15) is 6.17 Å². The lowest BCUT2D eigenvalue weighted by atomic mass is 10.1. The molecule has 0 saturated carbocycles. The van der Waals surface area contributed by atoms with Crippen LogP contribution in [0, 0.1) is 0 Å². The first kappa shape index (κ1) is 22.0. The molecule has 25 heavy (non-hydrogen) atoms. The second-order valence-electron chi connectivity index (χ2n) is 7.21. The van der Waals surface area contributed by atoms with E-state index in [0.29, 0.717) is 12.2 Å². The molecule has 0 aromatic heterocycles. The second-order valence-corrected chi connectivity index (χ2v) is 7.21. The van der Waals surface area contributed by atoms with E-state index < -0.39 is 0 Å². The summed E-state index contributed by atoms with van der Waals surface area (Å²) in [6, 6.07) is 0. The summed E-state index contributed by atoms with van der Waals surface area (Å²) >= 11 is 0. The zero-order valence-electron chi connectivity index (χ0n) is 16.4. The van der Waals surface area contributed by atoms with Crippen molar-refractivity contribution in [2.24, 2.45) is 0 Å². The average Bonchev–Trinajstić information content (AvgIpc) is 2.65. The van der Waals surface area contributed by atoms with E-state index in [9.17, 15) is 4.79 Å². The molecule has 2 N–H and O–H groups in total. The van der Waals surface area contributed by atoms with Crippen LogP contribution in [-0.4, -0.2) is 18.5 Å². The number of Topliss-reactive ketones (excluding diaryl/α,β-unsaturated/α-hetero) is 1. The molecule has 1 unspecified atom stereocenters. The van der Waals surface area contributed by atoms with Crippen molar-refractivity contribution in [3.05, 3.63) is 24.4 Å². The number of nitrogens with one attached hydrogen (secondary N) is 2. The first-order valence-corrected chi connectivity index (χ1v) is 10.7. The summed E-state index contributed by atoms with van der Waals surface area (Å²) in [5, 5.41) is 6.24. The van der Waals surface area contributed by atoms with Crippen molar-refractivity contribution in [3.63, 3.8) is 0 Å². The van der Waals surface area contributed by atoms with Gasteiger partial charge in [-0.25, -0.2) is 0 Å². The summed E-state index contributed by atoms with van der Waals surface area (Å²) in [7, 11) is 0. The second kappa shape index (κ2) is 16.4. The molecule has 3 nitrogen and oxygen atoms in total. The van der Waals surface area contributed by atoms with Crippen molar-refractivity contribution in [1.82, 2.24) is 10.6 Å². The Morgan fingerprint density at radius 1 is 0.920 bits per heavy atom. The van der Waals surface area contributed by atoms with Gasteiger partial charge in [-0.2, -0.15) is 0 Å². The topological polar surface area (TPSA) is 41.1 Å². The molecule has 0 aliphatic carbocycles. The molecule has 0 aromatic rings. The number of ketones is 1. The van der Waals surface area contributed by atoms with Crippen molar-refractivity contribution in [2.45, 2.75) is 103 Å². The lowest BCUT2D eigenvalue weighted by Crippen LogP contribution is -2.48. The van der Waals surface area contributed by atoms with E-state index in [4.69, 9.17) is 0 Å². The molecule has 0 aromatic carbocycles. The van der Waals surface area contributed by atoms with Crippen LogP contribution in [0.5, 0.6) is 0 Å². The Labute approximate surface area is 155 Å². The van der Waals surface area contributed by atoms with E-state index in [0.717, 1.165) is 13.0 Å². The summed E-state index contributed by atoms with van der Waals surface area (Å²) in [5.41, 5.74) is 0. The van der Waals surface area contributed by atoms with Gasteiger partial charge in [0.25, 0.3) is 0 Å². The fourth-order valence-electron chi connectivity index (χ4n) is 3.19. The molecule has 1 atom stereocenters. The Morgan fingerprint density at radius 3 is 2.12 bits per heavy atom. The number of hydrogen-bond donors (Lipinski definition) is 2. The third-order valence-corrected chi connectivity index (χ3v) is 4.83. The predicted molar refractivity (Wildman–Crippen MR) is 109 cm³/mol. The summed E-state index contributed by atoms with van der Waals surface area (Å²) in [4.78, 5) is 12.0. The minimum atomic E-state index is -0.165. The highest BCUT2D eigenvalue weighted by Gasteiger charge is 2.16. The summed E-state index contributed by atoms with van der Waals surface area (Å²) in [6.07, 6.45) is 25.9. The molecule has 144 valence electrons. The Balaban J connectivity index is 1.80. The van der Waals surface area contributed by atoms with Gasteiger partial charge in [0.2, 0.25) is 0 Å². The molecule has 0 saturated heterocycles. The molecule has 1 aliphatic heterocycles. The van der Waals surface area contributed by atoms with Crippen molar-refractivity contribution in [2.75, 3.05) is 6.54 Å². The maximum absolute atomic E-state index is 12.0. The average molecular weight is 349 g/mol.